The number of nitrogens with one attached hydrogen (secondary N) is 1. The molecule has 1 saturated heterocycles. The van der Waals surface area contributed by atoms with Crippen LogP contribution in [0.15, 0.2) is 60.8 Å². The smallest absolute Gasteiger partial charge is 0.271 e. The van der Waals surface area contributed by atoms with Gasteiger partial charge in [0.05, 0.1) is 12.1 Å². The number of carbonyl (C=O) groups excluding carboxylic acids is 1. The molecule has 0 saturated carbocycles. The zero-order valence-corrected chi connectivity index (χ0v) is 14.2. The van der Waals surface area contributed by atoms with Gasteiger partial charge in [0.1, 0.15) is 11.5 Å². The van der Waals surface area contributed by atoms with Gasteiger partial charge in [0, 0.05) is 18.2 Å². The molecule has 5 heteroatoms. The second kappa shape index (κ2) is 7.22. The summed E-state index contributed by atoms with van der Waals surface area (Å²) >= 11 is 0. The summed E-state index contributed by atoms with van der Waals surface area (Å²) < 4.78 is 19.1. The first-order valence-electron chi connectivity index (χ1n) is 8.74. The maximum Gasteiger partial charge on any atom is 0.271 e. The van der Waals surface area contributed by atoms with Crippen LogP contribution in [-0.4, -0.2) is 23.6 Å². The zero-order valence-electron chi connectivity index (χ0n) is 14.2. The van der Waals surface area contributed by atoms with E-state index in [1.807, 2.05) is 30.3 Å². The second-order valence-corrected chi connectivity index (χ2v) is 6.43. The molecular weight excluding hydrogens is 331 g/mol. The van der Waals surface area contributed by atoms with Crippen molar-refractivity contribution in [3.63, 3.8) is 0 Å². The summed E-state index contributed by atoms with van der Waals surface area (Å²) in [4.78, 5) is 17.2. The molecule has 1 aliphatic heterocycles. The summed E-state index contributed by atoms with van der Waals surface area (Å²) in [6, 6.07) is 15.4. The fraction of sp³-hybridized carbons (Fsp3) is 0.238. The quantitative estimate of drug-likeness (QED) is 0.773. The van der Waals surface area contributed by atoms with E-state index in [1.54, 1.807) is 18.3 Å². The molecule has 1 amide bonds. The van der Waals surface area contributed by atoms with Gasteiger partial charge in [-0.25, -0.2) is 4.39 Å². The minimum atomic E-state index is -0.341. The number of fused-ring (bicyclic) bond motifs is 1. The Hall–Kier alpha value is -2.79. The number of rotatable bonds is 4. The van der Waals surface area contributed by atoms with Crippen LogP contribution in [0, 0.1) is 5.82 Å². The average molecular weight is 350 g/mol. The van der Waals surface area contributed by atoms with Crippen molar-refractivity contribution in [2.45, 2.75) is 25.0 Å². The monoisotopic (exact) mass is 350 g/mol. The van der Waals surface area contributed by atoms with Crippen molar-refractivity contribution < 1.29 is 13.9 Å². The number of amides is 1. The van der Waals surface area contributed by atoms with E-state index in [0.29, 0.717) is 12.3 Å². The van der Waals surface area contributed by atoms with Gasteiger partial charge in [-0.15, -0.1) is 0 Å². The summed E-state index contributed by atoms with van der Waals surface area (Å²) in [5.74, 6) is -0.562. The standard InChI is InChI=1S/C21H19FN2O2/c22-16-9-7-15(8-10-16)19(18-6-3-13-26-18)24-21(25)20-17-5-2-1-4-14(17)11-12-23-20/h1-2,4-5,7-12,18-19H,3,6,13H2,(H,24,25)/t18-,19-/m0/s1. The lowest BCUT2D eigenvalue weighted by molar-refractivity contribution is 0.0670. The largest absolute Gasteiger partial charge is 0.376 e. The molecule has 0 bridgehead atoms. The summed E-state index contributed by atoms with van der Waals surface area (Å²) in [5, 5.41) is 4.82. The Kier molecular flexibility index (Phi) is 4.63. The Labute approximate surface area is 151 Å². The van der Waals surface area contributed by atoms with Crippen LogP contribution in [0.4, 0.5) is 4.39 Å². The molecule has 0 radical (unpaired) electrons. The number of halogens is 1. The first-order valence-corrected chi connectivity index (χ1v) is 8.74. The molecule has 1 N–H and O–H groups in total. The number of hydrogen-bond acceptors (Lipinski definition) is 3. The van der Waals surface area contributed by atoms with Gasteiger partial charge in [-0.1, -0.05) is 36.4 Å². The number of ether oxygens (including phenoxy) is 1. The van der Waals surface area contributed by atoms with Crippen LogP contribution in [-0.2, 0) is 4.74 Å². The number of benzene rings is 2. The van der Waals surface area contributed by atoms with E-state index in [-0.39, 0.29) is 23.9 Å². The van der Waals surface area contributed by atoms with Crippen molar-refractivity contribution in [3.8, 4) is 0 Å². The van der Waals surface area contributed by atoms with Crippen LogP contribution in [0.25, 0.3) is 10.8 Å². The molecule has 132 valence electrons. The summed E-state index contributed by atoms with van der Waals surface area (Å²) in [6.45, 7) is 0.671. The zero-order chi connectivity index (χ0) is 17.9. The third-order valence-corrected chi connectivity index (χ3v) is 4.74. The highest BCUT2D eigenvalue weighted by Crippen LogP contribution is 2.28. The van der Waals surface area contributed by atoms with Crippen molar-refractivity contribution in [3.05, 3.63) is 77.9 Å². The van der Waals surface area contributed by atoms with Gasteiger partial charge in [0.15, 0.2) is 0 Å². The molecule has 0 unspecified atom stereocenters. The van der Waals surface area contributed by atoms with Gasteiger partial charge in [-0.05, 0) is 42.0 Å². The highest BCUT2D eigenvalue weighted by molar-refractivity contribution is 6.05. The minimum absolute atomic E-state index is 0.126. The Balaban J connectivity index is 1.66. The van der Waals surface area contributed by atoms with E-state index in [4.69, 9.17) is 4.74 Å². The third kappa shape index (κ3) is 3.30. The van der Waals surface area contributed by atoms with E-state index in [0.717, 1.165) is 29.2 Å². The van der Waals surface area contributed by atoms with E-state index < -0.39 is 0 Å². The predicted molar refractivity (Wildman–Crippen MR) is 97.3 cm³/mol. The lowest BCUT2D eigenvalue weighted by Gasteiger charge is -2.25. The highest BCUT2D eigenvalue weighted by atomic mass is 19.1. The van der Waals surface area contributed by atoms with Crippen molar-refractivity contribution >= 4 is 16.7 Å². The van der Waals surface area contributed by atoms with Gasteiger partial charge in [-0.3, -0.25) is 9.78 Å². The number of pyridine rings is 1. The van der Waals surface area contributed by atoms with E-state index in [2.05, 4.69) is 10.3 Å². The van der Waals surface area contributed by atoms with Crippen LogP contribution in [0.2, 0.25) is 0 Å². The fourth-order valence-corrected chi connectivity index (χ4v) is 3.44. The lowest BCUT2D eigenvalue weighted by Crippen LogP contribution is -2.36. The van der Waals surface area contributed by atoms with Crippen molar-refractivity contribution in [2.24, 2.45) is 0 Å². The normalized spacial score (nSPS) is 18.0. The van der Waals surface area contributed by atoms with Gasteiger partial charge in [0.25, 0.3) is 5.91 Å². The van der Waals surface area contributed by atoms with E-state index in [9.17, 15) is 9.18 Å². The second-order valence-electron chi connectivity index (χ2n) is 6.43. The number of nitrogens with zero attached hydrogens (tertiary/aromatic N) is 1. The highest BCUT2D eigenvalue weighted by Gasteiger charge is 2.29. The molecule has 1 aromatic heterocycles. The van der Waals surface area contributed by atoms with Gasteiger partial charge in [-0.2, -0.15) is 0 Å². The number of aromatic nitrogens is 1. The molecule has 0 spiro atoms. The van der Waals surface area contributed by atoms with Gasteiger partial charge in [0.2, 0.25) is 0 Å². The molecule has 26 heavy (non-hydrogen) atoms. The van der Waals surface area contributed by atoms with Crippen LogP contribution in [0.3, 0.4) is 0 Å². The molecule has 1 aliphatic rings. The maximum atomic E-state index is 13.3. The van der Waals surface area contributed by atoms with Gasteiger partial charge < -0.3 is 10.1 Å². The van der Waals surface area contributed by atoms with Crippen molar-refractivity contribution in [1.29, 1.82) is 0 Å². The topological polar surface area (TPSA) is 51.2 Å². The van der Waals surface area contributed by atoms with E-state index in [1.165, 1.54) is 12.1 Å². The molecule has 2 atom stereocenters. The summed E-state index contributed by atoms with van der Waals surface area (Å²) in [6.07, 6.45) is 3.31. The van der Waals surface area contributed by atoms with Crippen molar-refractivity contribution in [1.82, 2.24) is 10.3 Å². The molecule has 2 heterocycles. The predicted octanol–water partition coefficient (Wildman–Crippen LogP) is 4.02. The van der Waals surface area contributed by atoms with Crippen molar-refractivity contribution in [2.75, 3.05) is 6.61 Å². The Morgan fingerprint density at radius 1 is 1.15 bits per heavy atom. The molecular formula is C21H19FN2O2. The fourth-order valence-electron chi connectivity index (χ4n) is 3.44. The third-order valence-electron chi connectivity index (χ3n) is 4.74. The first-order chi connectivity index (χ1) is 12.7. The van der Waals surface area contributed by atoms with Crippen LogP contribution in [0.1, 0.15) is 34.9 Å². The molecule has 4 nitrogen and oxygen atoms in total. The maximum absolute atomic E-state index is 13.3. The SMILES string of the molecule is O=C(N[C@@H](c1ccc(F)cc1)[C@@H]1CCCO1)c1nccc2ccccc12. The average Bonchev–Trinajstić information content (AvgIpc) is 3.21. The Morgan fingerprint density at radius 3 is 2.73 bits per heavy atom. The van der Waals surface area contributed by atoms with Crippen LogP contribution in [0.5, 0.6) is 0 Å². The number of carbonyl (C=O) groups is 1. The first kappa shape index (κ1) is 16.7. The van der Waals surface area contributed by atoms with Gasteiger partial charge >= 0.3 is 0 Å². The Morgan fingerprint density at radius 2 is 1.96 bits per heavy atom. The van der Waals surface area contributed by atoms with Crippen LogP contribution >= 0.6 is 0 Å². The number of hydrogen-bond donors (Lipinski definition) is 1. The molecule has 4 rings (SSSR count). The minimum Gasteiger partial charge on any atom is -0.376 e. The molecule has 0 aliphatic carbocycles. The molecule has 3 aromatic rings. The molecule has 2 aromatic carbocycles. The van der Waals surface area contributed by atoms with Crippen LogP contribution < -0.4 is 5.32 Å². The lowest BCUT2D eigenvalue weighted by atomic mass is 9.98. The summed E-state index contributed by atoms with van der Waals surface area (Å²) in [5.41, 5.74) is 1.21. The van der Waals surface area contributed by atoms with E-state index >= 15 is 0 Å². The Bertz CT molecular complexity index is 915. The molecule has 1 fully saturated rings. The summed E-state index contributed by atoms with van der Waals surface area (Å²) in [7, 11) is 0.